The van der Waals surface area contributed by atoms with Crippen LogP contribution in [-0.4, -0.2) is 35.6 Å². The van der Waals surface area contributed by atoms with Gasteiger partial charge < -0.3 is 15.0 Å². The molecule has 1 fully saturated rings. The maximum Gasteiger partial charge on any atom is 0.229 e. The van der Waals surface area contributed by atoms with Crippen LogP contribution in [0, 0.1) is 19.8 Å². The third kappa shape index (κ3) is 4.31. The molecule has 1 N–H and O–H groups in total. The summed E-state index contributed by atoms with van der Waals surface area (Å²) in [5.41, 5.74) is 2.62. The highest BCUT2D eigenvalue weighted by atomic mass is 16.5. The maximum absolute atomic E-state index is 12.8. The Morgan fingerprint density at radius 2 is 2.00 bits per heavy atom. The topological polar surface area (TPSA) is 67.3 Å². The van der Waals surface area contributed by atoms with Crippen LogP contribution in [0.25, 0.3) is 0 Å². The number of aromatic nitrogens is 2. The van der Waals surface area contributed by atoms with E-state index in [-0.39, 0.29) is 11.8 Å². The van der Waals surface area contributed by atoms with Gasteiger partial charge in [0.15, 0.2) is 0 Å². The predicted molar refractivity (Wildman–Crippen MR) is 103 cm³/mol. The van der Waals surface area contributed by atoms with E-state index in [2.05, 4.69) is 20.2 Å². The molecule has 138 valence electrons. The highest BCUT2D eigenvalue weighted by Gasteiger charge is 2.27. The number of nitrogens with zero attached hydrogens (tertiary/aromatic N) is 3. The summed E-state index contributed by atoms with van der Waals surface area (Å²) < 4.78 is 5.60. The molecule has 0 spiro atoms. The highest BCUT2D eigenvalue weighted by Crippen LogP contribution is 2.26. The fourth-order valence-electron chi connectivity index (χ4n) is 3.31. The standard InChI is InChI=1S/C20H26N4O2/c1-4-26-18-10-6-5-9-17(18)23-19(25)16-8-7-11-24(13-16)20-21-14(2)12-15(3)22-20/h5-6,9-10,12,16H,4,7-8,11,13H2,1-3H3,(H,23,25). The number of benzene rings is 1. The van der Waals surface area contributed by atoms with Gasteiger partial charge in [-0.15, -0.1) is 0 Å². The van der Waals surface area contributed by atoms with Gasteiger partial charge in [0, 0.05) is 24.5 Å². The molecule has 3 rings (SSSR count). The lowest BCUT2D eigenvalue weighted by atomic mass is 9.97. The molecule has 6 heteroatoms. The number of nitrogens with one attached hydrogen (secondary N) is 1. The number of hydrogen-bond acceptors (Lipinski definition) is 5. The van der Waals surface area contributed by atoms with E-state index in [9.17, 15) is 4.79 Å². The van der Waals surface area contributed by atoms with E-state index in [4.69, 9.17) is 4.74 Å². The molecule has 1 aliphatic rings. The number of ether oxygens (including phenoxy) is 1. The van der Waals surface area contributed by atoms with Gasteiger partial charge >= 0.3 is 0 Å². The normalized spacial score (nSPS) is 17.0. The minimum Gasteiger partial charge on any atom is -0.492 e. The number of carbonyl (C=O) groups is 1. The first-order valence-electron chi connectivity index (χ1n) is 9.16. The van der Waals surface area contributed by atoms with Crippen LogP contribution in [0.4, 0.5) is 11.6 Å². The van der Waals surface area contributed by atoms with E-state index in [1.165, 1.54) is 0 Å². The SMILES string of the molecule is CCOc1ccccc1NC(=O)C1CCCN(c2nc(C)cc(C)n2)C1. The molecule has 0 saturated carbocycles. The second kappa shape index (κ2) is 8.17. The summed E-state index contributed by atoms with van der Waals surface area (Å²) in [7, 11) is 0. The zero-order chi connectivity index (χ0) is 18.5. The van der Waals surface area contributed by atoms with Crippen LogP contribution in [0.5, 0.6) is 5.75 Å². The van der Waals surface area contributed by atoms with Gasteiger partial charge in [-0.2, -0.15) is 0 Å². The molecule has 6 nitrogen and oxygen atoms in total. The van der Waals surface area contributed by atoms with Crippen molar-refractivity contribution in [3.63, 3.8) is 0 Å². The Balaban J connectivity index is 1.70. The Bertz CT molecular complexity index is 758. The molecule has 2 heterocycles. The highest BCUT2D eigenvalue weighted by molar-refractivity contribution is 5.94. The molecule has 0 bridgehead atoms. The number of aryl methyl sites for hydroxylation is 2. The average Bonchev–Trinajstić information content (AvgIpc) is 2.63. The second-order valence-corrected chi connectivity index (χ2v) is 6.65. The van der Waals surface area contributed by atoms with Crippen molar-refractivity contribution >= 4 is 17.5 Å². The lowest BCUT2D eigenvalue weighted by Gasteiger charge is -2.32. The predicted octanol–water partition coefficient (Wildman–Crippen LogP) is 3.35. The van der Waals surface area contributed by atoms with Crippen LogP contribution in [0.15, 0.2) is 30.3 Å². The van der Waals surface area contributed by atoms with Gasteiger partial charge in [-0.3, -0.25) is 4.79 Å². The van der Waals surface area contributed by atoms with Crippen LogP contribution in [-0.2, 0) is 4.79 Å². The van der Waals surface area contributed by atoms with E-state index in [1.807, 2.05) is 51.1 Å². The fourth-order valence-corrected chi connectivity index (χ4v) is 3.31. The quantitative estimate of drug-likeness (QED) is 0.892. The van der Waals surface area contributed by atoms with Crippen molar-refractivity contribution in [1.82, 2.24) is 9.97 Å². The van der Waals surface area contributed by atoms with E-state index < -0.39 is 0 Å². The molecule has 0 aliphatic carbocycles. The van der Waals surface area contributed by atoms with Crippen molar-refractivity contribution in [1.29, 1.82) is 0 Å². The van der Waals surface area contributed by atoms with E-state index in [0.717, 1.165) is 42.4 Å². The summed E-state index contributed by atoms with van der Waals surface area (Å²) in [6.07, 6.45) is 1.81. The number of anilines is 2. The molecule has 26 heavy (non-hydrogen) atoms. The first-order chi connectivity index (χ1) is 12.6. The van der Waals surface area contributed by atoms with Gasteiger partial charge in [0.1, 0.15) is 5.75 Å². The van der Waals surface area contributed by atoms with E-state index in [1.54, 1.807) is 0 Å². The zero-order valence-corrected chi connectivity index (χ0v) is 15.7. The summed E-state index contributed by atoms with van der Waals surface area (Å²) in [5, 5.41) is 3.03. The molecule has 1 aliphatic heterocycles. The van der Waals surface area contributed by atoms with Crippen molar-refractivity contribution in [2.75, 3.05) is 29.9 Å². The third-order valence-corrected chi connectivity index (χ3v) is 4.49. The second-order valence-electron chi connectivity index (χ2n) is 6.65. The molecular formula is C20H26N4O2. The monoisotopic (exact) mass is 354 g/mol. The van der Waals surface area contributed by atoms with Gasteiger partial charge in [-0.25, -0.2) is 9.97 Å². The molecule has 1 aromatic carbocycles. The van der Waals surface area contributed by atoms with Crippen molar-refractivity contribution in [2.24, 2.45) is 5.92 Å². The maximum atomic E-state index is 12.8. The molecule has 1 saturated heterocycles. The first-order valence-corrected chi connectivity index (χ1v) is 9.16. The van der Waals surface area contributed by atoms with Gasteiger partial charge in [-0.1, -0.05) is 12.1 Å². The third-order valence-electron chi connectivity index (χ3n) is 4.49. The number of piperidine rings is 1. The molecule has 1 atom stereocenters. The van der Waals surface area contributed by atoms with Crippen molar-refractivity contribution in [3.8, 4) is 5.75 Å². The van der Waals surface area contributed by atoms with Gasteiger partial charge in [0.25, 0.3) is 0 Å². The number of para-hydroxylation sites is 2. The fraction of sp³-hybridized carbons (Fsp3) is 0.450. The number of carbonyl (C=O) groups excluding carboxylic acids is 1. The average molecular weight is 354 g/mol. The van der Waals surface area contributed by atoms with E-state index in [0.29, 0.717) is 18.9 Å². The number of rotatable bonds is 5. The van der Waals surface area contributed by atoms with Crippen LogP contribution < -0.4 is 15.0 Å². The van der Waals surface area contributed by atoms with Gasteiger partial charge in [0.2, 0.25) is 11.9 Å². The van der Waals surface area contributed by atoms with Crippen molar-refractivity contribution in [3.05, 3.63) is 41.7 Å². The number of amides is 1. The Morgan fingerprint density at radius 1 is 1.27 bits per heavy atom. The summed E-state index contributed by atoms with van der Waals surface area (Å²) in [4.78, 5) is 24.0. The summed E-state index contributed by atoms with van der Waals surface area (Å²) >= 11 is 0. The van der Waals surface area contributed by atoms with Crippen LogP contribution >= 0.6 is 0 Å². The molecular weight excluding hydrogens is 328 g/mol. The first kappa shape index (κ1) is 18.2. The minimum absolute atomic E-state index is 0.0197. The largest absolute Gasteiger partial charge is 0.492 e. The lowest BCUT2D eigenvalue weighted by Crippen LogP contribution is -2.41. The van der Waals surface area contributed by atoms with Gasteiger partial charge in [-0.05, 0) is 51.8 Å². The molecule has 2 aromatic rings. The van der Waals surface area contributed by atoms with E-state index >= 15 is 0 Å². The molecule has 0 radical (unpaired) electrons. The minimum atomic E-state index is -0.0946. The smallest absolute Gasteiger partial charge is 0.229 e. The Morgan fingerprint density at radius 3 is 2.73 bits per heavy atom. The Labute approximate surface area is 154 Å². The Hall–Kier alpha value is -2.63. The van der Waals surface area contributed by atoms with Crippen LogP contribution in [0.1, 0.15) is 31.2 Å². The molecule has 1 unspecified atom stereocenters. The van der Waals surface area contributed by atoms with Crippen LogP contribution in [0.3, 0.4) is 0 Å². The van der Waals surface area contributed by atoms with Crippen LogP contribution in [0.2, 0.25) is 0 Å². The van der Waals surface area contributed by atoms with Gasteiger partial charge in [0.05, 0.1) is 18.2 Å². The summed E-state index contributed by atoms with van der Waals surface area (Å²) in [6.45, 7) is 7.94. The summed E-state index contributed by atoms with van der Waals surface area (Å²) in [6, 6.07) is 9.50. The Kier molecular flexibility index (Phi) is 5.71. The molecule has 1 aromatic heterocycles. The van der Waals surface area contributed by atoms with Crippen molar-refractivity contribution < 1.29 is 9.53 Å². The van der Waals surface area contributed by atoms with Crippen molar-refractivity contribution in [2.45, 2.75) is 33.6 Å². The number of hydrogen-bond donors (Lipinski definition) is 1. The summed E-state index contributed by atoms with van der Waals surface area (Å²) in [5.74, 6) is 1.34. The molecule has 1 amide bonds. The lowest BCUT2D eigenvalue weighted by molar-refractivity contribution is -0.120. The zero-order valence-electron chi connectivity index (χ0n) is 15.7.